The molecule has 0 aromatic heterocycles. The first kappa shape index (κ1) is 14.8. The fraction of sp³-hybridized carbons (Fsp3) is 0.368. The third-order valence-electron chi connectivity index (χ3n) is 3.86. The van der Waals surface area contributed by atoms with Gasteiger partial charge in [0.25, 0.3) is 0 Å². The van der Waals surface area contributed by atoms with Crippen molar-refractivity contribution in [1.29, 1.82) is 0 Å². The Hall–Kier alpha value is -1.60. The lowest BCUT2D eigenvalue weighted by molar-refractivity contribution is 0.589. The molecule has 0 saturated heterocycles. The van der Waals surface area contributed by atoms with Crippen molar-refractivity contribution < 1.29 is 0 Å². The highest BCUT2D eigenvalue weighted by atomic mass is 14.5. The smallest absolute Gasteiger partial charge is 0.000157 e. The maximum atomic E-state index is 5.98. The summed E-state index contributed by atoms with van der Waals surface area (Å²) < 4.78 is 0. The average molecular weight is 267 g/mol. The second-order valence-electron chi connectivity index (χ2n) is 6.49. The normalized spacial score (nSPS) is 13.2. The van der Waals surface area contributed by atoms with Crippen LogP contribution in [0.1, 0.15) is 43.4 Å². The van der Waals surface area contributed by atoms with Crippen LogP contribution < -0.4 is 5.73 Å². The Labute approximate surface area is 122 Å². The molecule has 0 fully saturated rings. The molecule has 0 radical (unpaired) electrons. The van der Waals surface area contributed by atoms with Crippen molar-refractivity contribution in [1.82, 2.24) is 0 Å². The summed E-state index contributed by atoms with van der Waals surface area (Å²) in [5.41, 5.74) is 10.2. The van der Waals surface area contributed by atoms with E-state index in [1.807, 2.05) is 0 Å². The summed E-state index contributed by atoms with van der Waals surface area (Å²) in [4.78, 5) is 0. The van der Waals surface area contributed by atoms with Gasteiger partial charge >= 0.3 is 0 Å². The van der Waals surface area contributed by atoms with Crippen LogP contribution in [0.3, 0.4) is 0 Å². The van der Waals surface area contributed by atoms with Gasteiger partial charge in [-0.05, 0) is 35.1 Å². The molecule has 0 amide bonds. The van der Waals surface area contributed by atoms with E-state index in [9.17, 15) is 0 Å². The molecule has 0 saturated carbocycles. The van der Waals surface area contributed by atoms with Crippen molar-refractivity contribution in [3.8, 4) is 0 Å². The van der Waals surface area contributed by atoms with Crippen molar-refractivity contribution in [2.24, 2.45) is 5.73 Å². The molecular formula is C19H25N. The molecule has 2 aromatic rings. The molecule has 106 valence electrons. The molecule has 2 rings (SSSR count). The SMILES string of the molecule is CC(C)(C)c1ccc([C@H](CN)Cc2ccccc2)cc1. The predicted molar refractivity (Wildman–Crippen MR) is 87.1 cm³/mol. The maximum absolute atomic E-state index is 5.98. The van der Waals surface area contributed by atoms with Crippen molar-refractivity contribution in [2.75, 3.05) is 6.54 Å². The van der Waals surface area contributed by atoms with Crippen molar-refractivity contribution in [3.05, 3.63) is 71.3 Å². The van der Waals surface area contributed by atoms with Gasteiger partial charge in [-0.3, -0.25) is 0 Å². The second-order valence-corrected chi connectivity index (χ2v) is 6.49. The Bertz CT molecular complexity index is 520. The zero-order valence-electron chi connectivity index (χ0n) is 12.8. The van der Waals surface area contributed by atoms with Crippen LogP contribution in [0.15, 0.2) is 54.6 Å². The monoisotopic (exact) mass is 267 g/mol. The average Bonchev–Trinajstić information content (AvgIpc) is 2.45. The standard InChI is InChI=1S/C19H25N/c1-19(2,3)18-11-9-16(10-12-18)17(14-20)13-15-7-5-4-6-8-15/h4-12,17H,13-14,20H2,1-3H3/t17-/m0/s1. The van der Waals surface area contributed by atoms with Gasteiger partial charge in [-0.25, -0.2) is 0 Å². The van der Waals surface area contributed by atoms with E-state index in [0.29, 0.717) is 12.5 Å². The van der Waals surface area contributed by atoms with Crippen LogP contribution >= 0.6 is 0 Å². The fourth-order valence-electron chi connectivity index (χ4n) is 2.49. The lowest BCUT2D eigenvalue weighted by Gasteiger charge is -2.21. The summed E-state index contributed by atoms with van der Waals surface area (Å²) in [7, 11) is 0. The predicted octanol–water partition coefficient (Wildman–Crippen LogP) is 4.27. The Morgan fingerprint density at radius 2 is 1.50 bits per heavy atom. The first-order chi connectivity index (χ1) is 9.50. The van der Waals surface area contributed by atoms with Crippen molar-refractivity contribution in [2.45, 2.75) is 38.5 Å². The molecule has 0 aliphatic rings. The molecule has 2 N–H and O–H groups in total. The Balaban J connectivity index is 2.16. The van der Waals surface area contributed by atoms with E-state index < -0.39 is 0 Å². The van der Waals surface area contributed by atoms with Crippen LogP contribution in [-0.4, -0.2) is 6.54 Å². The van der Waals surface area contributed by atoms with E-state index in [0.717, 1.165) is 6.42 Å². The number of hydrogen-bond acceptors (Lipinski definition) is 1. The number of nitrogens with two attached hydrogens (primary N) is 1. The van der Waals surface area contributed by atoms with E-state index in [4.69, 9.17) is 5.73 Å². The summed E-state index contributed by atoms with van der Waals surface area (Å²) in [5.74, 6) is 0.395. The van der Waals surface area contributed by atoms with Crippen molar-refractivity contribution in [3.63, 3.8) is 0 Å². The lowest BCUT2D eigenvalue weighted by Crippen LogP contribution is -2.16. The molecule has 2 aromatic carbocycles. The number of benzene rings is 2. The minimum absolute atomic E-state index is 0.205. The van der Waals surface area contributed by atoms with Crippen LogP contribution in [-0.2, 0) is 11.8 Å². The van der Waals surface area contributed by atoms with Gasteiger partial charge in [0.15, 0.2) is 0 Å². The van der Waals surface area contributed by atoms with Gasteiger partial charge in [-0.2, -0.15) is 0 Å². The van der Waals surface area contributed by atoms with E-state index >= 15 is 0 Å². The fourth-order valence-corrected chi connectivity index (χ4v) is 2.49. The second kappa shape index (κ2) is 6.23. The van der Waals surface area contributed by atoms with Crippen molar-refractivity contribution >= 4 is 0 Å². The van der Waals surface area contributed by atoms with E-state index in [1.54, 1.807) is 0 Å². The molecule has 0 aliphatic carbocycles. The quantitative estimate of drug-likeness (QED) is 0.879. The largest absolute Gasteiger partial charge is 0.330 e. The molecule has 0 heterocycles. The van der Waals surface area contributed by atoms with E-state index in [2.05, 4.69) is 75.4 Å². The summed E-state index contributed by atoms with van der Waals surface area (Å²) in [6.45, 7) is 7.41. The Morgan fingerprint density at radius 1 is 0.900 bits per heavy atom. The van der Waals surface area contributed by atoms with Gasteiger partial charge in [0.1, 0.15) is 0 Å². The zero-order valence-corrected chi connectivity index (χ0v) is 12.8. The third kappa shape index (κ3) is 3.71. The third-order valence-corrected chi connectivity index (χ3v) is 3.86. The molecule has 0 unspecified atom stereocenters. The minimum Gasteiger partial charge on any atom is -0.330 e. The molecule has 0 aliphatic heterocycles. The highest BCUT2D eigenvalue weighted by Crippen LogP contribution is 2.25. The zero-order chi connectivity index (χ0) is 14.6. The Morgan fingerprint density at radius 3 is 2.00 bits per heavy atom. The number of rotatable bonds is 4. The first-order valence-electron chi connectivity index (χ1n) is 7.35. The van der Waals surface area contributed by atoms with Crippen LogP contribution in [0, 0.1) is 0 Å². The van der Waals surface area contributed by atoms with Gasteiger partial charge in [-0.1, -0.05) is 75.4 Å². The topological polar surface area (TPSA) is 26.0 Å². The molecule has 20 heavy (non-hydrogen) atoms. The van der Waals surface area contributed by atoms with Crippen LogP contribution in [0.4, 0.5) is 0 Å². The summed E-state index contributed by atoms with van der Waals surface area (Å²) in [6.07, 6.45) is 1.01. The molecule has 1 heteroatoms. The highest BCUT2D eigenvalue weighted by Gasteiger charge is 2.15. The van der Waals surface area contributed by atoms with Gasteiger partial charge in [0, 0.05) is 5.92 Å². The highest BCUT2D eigenvalue weighted by molar-refractivity contribution is 5.31. The van der Waals surface area contributed by atoms with Gasteiger partial charge < -0.3 is 5.73 Å². The van der Waals surface area contributed by atoms with Gasteiger partial charge in [0.05, 0.1) is 0 Å². The molecule has 1 atom stereocenters. The van der Waals surface area contributed by atoms with Crippen LogP contribution in [0.2, 0.25) is 0 Å². The summed E-state index contributed by atoms with van der Waals surface area (Å²) in [5, 5.41) is 0. The summed E-state index contributed by atoms with van der Waals surface area (Å²) in [6, 6.07) is 19.5. The Kier molecular flexibility index (Phi) is 4.61. The van der Waals surface area contributed by atoms with E-state index in [1.165, 1.54) is 16.7 Å². The number of hydrogen-bond donors (Lipinski definition) is 1. The molecule has 0 bridgehead atoms. The van der Waals surface area contributed by atoms with E-state index in [-0.39, 0.29) is 5.41 Å². The first-order valence-corrected chi connectivity index (χ1v) is 7.35. The lowest BCUT2D eigenvalue weighted by atomic mass is 9.84. The molecule has 1 nitrogen and oxygen atoms in total. The van der Waals surface area contributed by atoms with Crippen LogP contribution in [0.25, 0.3) is 0 Å². The van der Waals surface area contributed by atoms with Gasteiger partial charge in [0.2, 0.25) is 0 Å². The minimum atomic E-state index is 0.205. The maximum Gasteiger partial charge on any atom is 0.000157 e. The molecular weight excluding hydrogens is 242 g/mol. The van der Waals surface area contributed by atoms with Crippen LogP contribution in [0.5, 0.6) is 0 Å². The van der Waals surface area contributed by atoms with Gasteiger partial charge in [-0.15, -0.1) is 0 Å². The molecule has 0 spiro atoms. The summed E-state index contributed by atoms with van der Waals surface area (Å²) >= 11 is 0.